The van der Waals surface area contributed by atoms with Crippen LogP contribution < -0.4 is 4.90 Å². The van der Waals surface area contributed by atoms with Gasteiger partial charge in [-0.05, 0) is 39.0 Å². The molecule has 1 aromatic carbocycles. The summed E-state index contributed by atoms with van der Waals surface area (Å²) in [5.74, 6) is 0. The van der Waals surface area contributed by atoms with Crippen molar-refractivity contribution in [2.75, 3.05) is 11.4 Å². The predicted octanol–water partition coefficient (Wildman–Crippen LogP) is 4.13. The van der Waals surface area contributed by atoms with Gasteiger partial charge >= 0.3 is 0 Å². The van der Waals surface area contributed by atoms with Gasteiger partial charge in [-0.3, -0.25) is 0 Å². The van der Waals surface area contributed by atoms with Crippen LogP contribution >= 0.6 is 11.6 Å². The molecule has 1 nitrogen and oxygen atoms in total. The Bertz CT molecular complexity index is 339. The maximum absolute atomic E-state index is 5.99. The minimum Gasteiger partial charge on any atom is -0.363 e. The summed E-state index contributed by atoms with van der Waals surface area (Å²) in [6.07, 6.45) is 1.91. The van der Waals surface area contributed by atoms with E-state index in [0.29, 0.717) is 0 Å². The van der Waals surface area contributed by atoms with Gasteiger partial charge in [0.25, 0.3) is 0 Å². The average molecular weight is 224 g/mol. The van der Waals surface area contributed by atoms with E-state index in [0.717, 1.165) is 17.3 Å². The van der Waals surface area contributed by atoms with Crippen LogP contribution in [-0.4, -0.2) is 12.1 Å². The number of hydrogen-bond donors (Lipinski definition) is 0. The lowest BCUT2D eigenvalue weighted by atomic mass is 10.0. The van der Waals surface area contributed by atoms with Crippen molar-refractivity contribution < 1.29 is 0 Å². The molecule has 0 radical (unpaired) electrons. The van der Waals surface area contributed by atoms with Gasteiger partial charge in [0.15, 0.2) is 0 Å². The first-order valence-corrected chi connectivity index (χ1v) is 5.47. The van der Waals surface area contributed by atoms with Crippen LogP contribution in [0.15, 0.2) is 36.9 Å². The smallest absolute Gasteiger partial charge is 0.0426 e. The molecule has 0 aliphatic heterocycles. The van der Waals surface area contributed by atoms with Crippen LogP contribution in [0, 0.1) is 0 Å². The van der Waals surface area contributed by atoms with E-state index in [4.69, 9.17) is 11.6 Å². The summed E-state index contributed by atoms with van der Waals surface area (Å²) in [4.78, 5) is 2.27. The molecule has 1 aromatic rings. The lowest BCUT2D eigenvalue weighted by Gasteiger charge is -2.37. The van der Waals surface area contributed by atoms with Crippen molar-refractivity contribution in [1.82, 2.24) is 0 Å². The Morgan fingerprint density at radius 3 is 2.53 bits per heavy atom. The summed E-state index contributed by atoms with van der Waals surface area (Å²) >= 11 is 5.99. The molecule has 0 saturated heterocycles. The highest BCUT2D eigenvalue weighted by molar-refractivity contribution is 6.30. The first kappa shape index (κ1) is 12.1. The number of nitrogens with zero attached hydrogens (tertiary/aromatic N) is 1. The third-order valence-electron chi connectivity index (χ3n) is 2.24. The average Bonchev–Trinajstić information content (AvgIpc) is 2.12. The first-order valence-electron chi connectivity index (χ1n) is 5.09. The molecule has 15 heavy (non-hydrogen) atoms. The minimum atomic E-state index is 0.0683. The highest BCUT2D eigenvalue weighted by Crippen LogP contribution is 2.25. The van der Waals surface area contributed by atoms with Gasteiger partial charge in [0.1, 0.15) is 0 Å². The fourth-order valence-corrected chi connectivity index (χ4v) is 1.72. The number of rotatable bonds is 3. The van der Waals surface area contributed by atoms with Crippen LogP contribution in [0.2, 0.25) is 5.02 Å². The molecule has 0 bridgehead atoms. The second kappa shape index (κ2) is 4.71. The fraction of sp³-hybridized carbons (Fsp3) is 0.385. The molecule has 0 aromatic heterocycles. The van der Waals surface area contributed by atoms with Crippen molar-refractivity contribution in [3.05, 3.63) is 41.9 Å². The Labute approximate surface area is 97.4 Å². The van der Waals surface area contributed by atoms with Gasteiger partial charge in [-0.2, -0.15) is 0 Å². The number of halogens is 1. The zero-order valence-electron chi connectivity index (χ0n) is 9.63. The van der Waals surface area contributed by atoms with Gasteiger partial charge in [0.2, 0.25) is 0 Å². The molecule has 1 rings (SSSR count). The van der Waals surface area contributed by atoms with Crippen LogP contribution in [0.4, 0.5) is 5.69 Å². The van der Waals surface area contributed by atoms with Gasteiger partial charge in [-0.15, -0.1) is 6.58 Å². The van der Waals surface area contributed by atoms with Crippen molar-refractivity contribution in [1.29, 1.82) is 0 Å². The monoisotopic (exact) mass is 223 g/mol. The Hall–Kier alpha value is -0.950. The van der Waals surface area contributed by atoms with Crippen LogP contribution in [0.25, 0.3) is 0 Å². The van der Waals surface area contributed by atoms with E-state index in [1.54, 1.807) is 0 Å². The summed E-state index contributed by atoms with van der Waals surface area (Å²) in [5, 5.41) is 0.769. The molecule has 82 valence electrons. The van der Waals surface area contributed by atoms with Gasteiger partial charge in [-0.25, -0.2) is 0 Å². The molecule has 0 amide bonds. The third kappa shape index (κ3) is 3.28. The van der Waals surface area contributed by atoms with Crippen LogP contribution in [0.3, 0.4) is 0 Å². The van der Waals surface area contributed by atoms with E-state index in [2.05, 4.69) is 38.3 Å². The minimum absolute atomic E-state index is 0.0683. The number of anilines is 1. The summed E-state index contributed by atoms with van der Waals surface area (Å²) in [7, 11) is 0. The molecule has 0 aliphatic carbocycles. The van der Waals surface area contributed by atoms with Crippen molar-refractivity contribution in [3.8, 4) is 0 Å². The SMILES string of the molecule is C=CCN(c1cccc(Cl)c1)C(C)(C)C. The second-order valence-electron chi connectivity index (χ2n) is 4.55. The molecule has 0 aliphatic rings. The van der Waals surface area contributed by atoms with Gasteiger partial charge < -0.3 is 4.90 Å². The molecule has 0 fully saturated rings. The molecule has 0 heterocycles. The second-order valence-corrected chi connectivity index (χ2v) is 4.99. The fourth-order valence-electron chi connectivity index (χ4n) is 1.54. The molecular formula is C13H18ClN. The Morgan fingerprint density at radius 2 is 2.07 bits per heavy atom. The molecule has 0 atom stereocenters. The molecule has 0 spiro atoms. The molecular weight excluding hydrogens is 206 g/mol. The van der Waals surface area contributed by atoms with Crippen molar-refractivity contribution in [3.63, 3.8) is 0 Å². The van der Waals surface area contributed by atoms with Crippen LogP contribution in [-0.2, 0) is 0 Å². The van der Waals surface area contributed by atoms with E-state index >= 15 is 0 Å². The zero-order valence-corrected chi connectivity index (χ0v) is 10.4. The maximum atomic E-state index is 5.99. The number of hydrogen-bond acceptors (Lipinski definition) is 1. The van der Waals surface area contributed by atoms with Crippen LogP contribution in [0.5, 0.6) is 0 Å². The first-order chi connectivity index (χ1) is 6.95. The Kier molecular flexibility index (Phi) is 3.81. The summed E-state index contributed by atoms with van der Waals surface area (Å²) in [6.45, 7) is 11.1. The van der Waals surface area contributed by atoms with Crippen molar-refractivity contribution in [2.45, 2.75) is 26.3 Å². The number of benzene rings is 1. The Morgan fingerprint density at radius 1 is 1.40 bits per heavy atom. The third-order valence-corrected chi connectivity index (χ3v) is 2.48. The lowest BCUT2D eigenvalue weighted by molar-refractivity contribution is 0.522. The highest BCUT2D eigenvalue weighted by atomic mass is 35.5. The molecule has 0 N–H and O–H groups in total. The van der Waals surface area contributed by atoms with Gasteiger partial charge in [0, 0.05) is 22.8 Å². The molecule has 2 heteroatoms. The molecule has 0 unspecified atom stereocenters. The summed E-state index contributed by atoms with van der Waals surface area (Å²) in [5.41, 5.74) is 1.20. The lowest BCUT2D eigenvalue weighted by Crippen LogP contribution is -2.41. The standard InChI is InChI=1S/C13H18ClN/c1-5-9-15(13(2,3)4)12-8-6-7-11(14)10-12/h5-8,10H,1,9H2,2-4H3. The summed E-state index contributed by atoms with van der Waals surface area (Å²) < 4.78 is 0. The van der Waals surface area contributed by atoms with Crippen molar-refractivity contribution >= 4 is 17.3 Å². The Balaban J connectivity index is 3.04. The normalized spacial score (nSPS) is 11.2. The van der Waals surface area contributed by atoms with Gasteiger partial charge in [-0.1, -0.05) is 23.7 Å². The van der Waals surface area contributed by atoms with E-state index in [9.17, 15) is 0 Å². The largest absolute Gasteiger partial charge is 0.363 e. The van der Waals surface area contributed by atoms with E-state index in [-0.39, 0.29) is 5.54 Å². The topological polar surface area (TPSA) is 3.24 Å². The van der Waals surface area contributed by atoms with E-state index in [1.807, 2.05) is 24.3 Å². The quantitative estimate of drug-likeness (QED) is 0.697. The summed E-state index contributed by atoms with van der Waals surface area (Å²) in [6, 6.07) is 7.91. The van der Waals surface area contributed by atoms with Gasteiger partial charge in [0.05, 0.1) is 0 Å². The maximum Gasteiger partial charge on any atom is 0.0426 e. The van der Waals surface area contributed by atoms with E-state index < -0.39 is 0 Å². The van der Waals surface area contributed by atoms with Crippen molar-refractivity contribution in [2.24, 2.45) is 0 Å². The van der Waals surface area contributed by atoms with E-state index in [1.165, 1.54) is 0 Å². The predicted molar refractivity (Wildman–Crippen MR) is 68.7 cm³/mol. The zero-order chi connectivity index (χ0) is 11.5. The molecule has 0 saturated carbocycles. The van der Waals surface area contributed by atoms with Crippen LogP contribution in [0.1, 0.15) is 20.8 Å². The highest BCUT2D eigenvalue weighted by Gasteiger charge is 2.20.